The number of hydrogen-bond donors (Lipinski definition) is 0. The molecule has 0 saturated carbocycles. The standard InChI is InChI=1S/C8H10O/c1-6-4-3-5-7-8(6,2)9-7/h3-5,7H,1-2H3. The number of epoxide rings is 1. The first-order valence-electron chi connectivity index (χ1n) is 3.27. The van der Waals surface area contributed by atoms with E-state index in [1.807, 2.05) is 0 Å². The highest BCUT2D eigenvalue weighted by molar-refractivity contribution is 5.36. The molecular weight excluding hydrogens is 112 g/mol. The molecule has 0 N–H and O–H groups in total. The van der Waals surface area contributed by atoms with Crippen molar-refractivity contribution in [1.82, 2.24) is 0 Å². The molecule has 0 aromatic heterocycles. The first kappa shape index (κ1) is 5.24. The predicted octanol–water partition coefficient (Wildman–Crippen LogP) is 1.66. The first-order valence-corrected chi connectivity index (χ1v) is 3.27. The van der Waals surface area contributed by atoms with Gasteiger partial charge in [-0.2, -0.15) is 0 Å². The number of allylic oxidation sites excluding steroid dienone is 2. The van der Waals surface area contributed by atoms with E-state index in [0.29, 0.717) is 6.10 Å². The van der Waals surface area contributed by atoms with Gasteiger partial charge >= 0.3 is 0 Å². The molecule has 2 rings (SSSR count). The quantitative estimate of drug-likeness (QED) is 0.445. The molecule has 1 heteroatoms. The Morgan fingerprint density at radius 2 is 2.44 bits per heavy atom. The molecule has 1 nitrogen and oxygen atoms in total. The molecule has 0 bridgehead atoms. The van der Waals surface area contributed by atoms with Gasteiger partial charge in [-0.25, -0.2) is 0 Å². The van der Waals surface area contributed by atoms with Crippen LogP contribution in [0.5, 0.6) is 0 Å². The zero-order valence-electron chi connectivity index (χ0n) is 5.72. The van der Waals surface area contributed by atoms with Crippen molar-refractivity contribution in [2.45, 2.75) is 25.6 Å². The zero-order chi connectivity index (χ0) is 6.48. The lowest BCUT2D eigenvalue weighted by atomic mass is 9.95. The van der Waals surface area contributed by atoms with E-state index in [0.717, 1.165) is 0 Å². The first-order chi connectivity index (χ1) is 4.23. The van der Waals surface area contributed by atoms with Crippen LogP contribution in [0, 0.1) is 0 Å². The lowest BCUT2D eigenvalue weighted by Gasteiger charge is -2.06. The third kappa shape index (κ3) is 0.527. The lowest BCUT2D eigenvalue weighted by Crippen LogP contribution is -2.11. The van der Waals surface area contributed by atoms with Crippen molar-refractivity contribution in [2.75, 3.05) is 0 Å². The van der Waals surface area contributed by atoms with Crippen molar-refractivity contribution in [3.05, 3.63) is 23.8 Å². The molecule has 1 aliphatic heterocycles. The van der Waals surface area contributed by atoms with Gasteiger partial charge < -0.3 is 4.74 Å². The Bertz CT molecular complexity index is 203. The number of fused-ring (bicyclic) bond motifs is 1. The lowest BCUT2D eigenvalue weighted by molar-refractivity contribution is 0.347. The third-order valence-corrected chi connectivity index (χ3v) is 2.27. The molecule has 0 aromatic rings. The second-order valence-corrected chi connectivity index (χ2v) is 2.88. The molecule has 9 heavy (non-hydrogen) atoms. The Morgan fingerprint density at radius 3 is 3.00 bits per heavy atom. The summed E-state index contributed by atoms with van der Waals surface area (Å²) in [6.07, 6.45) is 6.66. The largest absolute Gasteiger partial charge is 0.357 e. The summed E-state index contributed by atoms with van der Waals surface area (Å²) in [4.78, 5) is 0. The van der Waals surface area contributed by atoms with Gasteiger partial charge in [-0.1, -0.05) is 18.2 Å². The monoisotopic (exact) mass is 122 g/mol. The van der Waals surface area contributed by atoms with Gasteiger partial charge in [0, 0.05) is 0 Å². The molecule has 1 heterocycles. The van der Waals surface area contributed by atoms with Gasteiger partial charge in [0.1, 0.15) is 11.7 Å². The molecule has 0 aromatic carbocycles. The summed E-state index contributed by atoms with van der Waals surface area (Å²) in [6.45, 7) is 4.25. The van der Waals surface area contributed by atoms with E-state index in [4.69, 9.17) is 4.74 Å². The van der Waals surface area contributed by atoms with Crippen LogP contribution in [0.15, 0.2) is 23.8 Å². The van der Waals surface area contributed by atoms with Crippen LogP contribution in [0.3, 0.4) is 0 Å². The van der Waals surface area contributed by atoms with Crippen molar-refractivity contribution >= 4 is 0 Å². The van der Waals surface area contributed by atoms with Crippen molar-refractivity contribution < 1.29 is 4.74 Å². The van der Waals surface area contributed by atoms with Crippen LogP contribution < -0.4 is 0 Å². The molecule has 2 unspecified atom stereocenters. The van der Waals surface area contributed by atoms with Crippen LogP contribution >= 0.6 is 0 Å². The maximum Gasteiger partial charge on any atom is 0.117 e. The van der Waals surface area contributed by atoms with E-state index in [1.54, 1.807) is 0 Å². The zero-order valence-corrected chi connectivity index (χ0v) is 5.72. The van der Waals surface area contributed by atoms with Gasteiger partial charge in [0.25, 0.3) is 0 Å². The van der Waals surface area contributed by atoms with E-state index in [1.165, 1.54) is 5.57 Å². The van der Waals surface area contributed by atoms with Crippen molar-refractivity contribution in [1.29, 1.82) is 0 Å². The van der Waals surface area contributed by atoms with E-state index in [-0.39, 0.29) is 5.60 Å². The maximum absolute atomic E-state index is 5.42. The topological polar surface area (TPSA) is 12.5 Å². The van der Waals surface area contributed by atoms with Crippen LogP contribution in [0.25, 0.3) is 0 Å². The molecule has 0 amide bonds. The molecule has 0 spiro atoms. The molecule has 2 atom stereocenters. The van der Waals surface area contributed by atoms with Crippen molar-refractivity contribution in [3.8, 4) is 0 Å². The Morgan fingerprint density at radius 1 is 1.67 bits per heavy atom. The second-order valence-electron chi connectivity index (χ2n) is 2.88. The Kier molecular flexibility index (Phi) is 0.754. The summed E-state index contributed by atoms with van der Waals surface area (Å²) in [6, 6.07) is 0. The van der Waals surface area contributed by atoms with Crippen LogP contribution in [-0.4, -0.2) is 11.7 Å². The van der Waals surface area contributed by atoms with Crippen molar-refractivity contribution in [3.63, 3.8) is 0 Å². The average molecular weight is 122 g/mol. The maximum atomic E-state index is 5.42. The SMILES string of the molecule is CC1=CC=CC2OC12C. The van der Waals surface area contributed by atoms with Gasteiger partial charge in [0.15, 0.2) is 0 Å². The van der Waals surface area contributed by atoms with Gasteiger partial charge in [0.05, 0.1) is 0 Å². The fourth-order valence-corrected chi connectivity index (χ4v) is 1.24. The molecule has 1 aliphatic carbocycles. The molecule has 0 radical (unpaired) electrons. The summed E-state index contributed by atoms with van der Waals surface area (Å²) < 4.78 is 5.42. The molecule has 2 aliphatic rings. The minimum atomic E-state index is 0.0781. The third-order valence-electron chi connectivity index (χ3n) is 2.27. The highest BCUT2D eigenvalue weighted by Gasteiger charge is 2.52. The highest BCUT2D eigenvalue weighted by Crippen LogP contribution is 2.45. The van der Waals surface area contributed by atoms with Crippen LogP contribution in [0.2, 0.25) is 0 Å². The van der Waals surface area contributed by atoms with E-state index < -0.39 is 0 Å². The van der Waals surface area contributed by atoms with E-state index in [2.05, 4.69) is 32.1 Å². The minimum absolute atomic E-state index is 0.0781. The van der Waals surface area contributed by atoms with Gasteiger partial charge in [-0.3, -0.25) is 0 Å². The normalized spacial score (nSPS) is 46.0. The van der Waals surface area contributed by atoms with Crippen LogP contribution in [-0.2, 0) is 4.74 Å². The minimum Gasteiger partial charge on any atom is -0.357 e. The predicted molar refractivity (Wildman–Crippen MR) is 36.2 cm³/mol. The molecule has 1 saturated heterocycles. The fraction of sp³-hybridized carbons (Fsp3) is 0.500. The summed E-state index contributed by atoms with van der Waals surface area (Å²) >= 11 is 0. The van der Waals surface area contributed by atoms with Gasteiger partial charge in [0.2, 0.25) is 0 Å². The average Bonchev–Trinajstić information content (AvgIpc) is 2.44. The molecule has 48 valence electrons. The fourth-order valence-electron chi connectivity index (χ4n) is 1.24. The summed E-state index contributed by atoms with van der Waals surface area (Å²) in [5, 5.41) is 0. The smallest absolute Gasteiger partial charge is 0.117 e. The van der Waals surface area contributed by atoms with Crippen molar-refractivity contribution in [2.24, 2.45) is 0 Å². The van der Waals surface area contributed by atoms with Gasteiger partial charge in [-0.15, -0.1) is 0 Å². The highest BCUT2D eigenvalue weighted by atomic mass is 16.6. The van der Waals surface area contributed by atoms with Crippen LogP contribution in [0.4, 0.5) is 0 Å². The molecule has 1 fully saturated rings. The van der Waals surface area contributed by atoms with E-state index in [9.17, 15) is 0 Å². The summed E-state index contributed by atoms with van der Waals surface area (Å²) in [5.74, 6) is 0. The van der Waals surface area contributed by atoms with Gasteiger partial charge in [-0.05, 0) is 19.4 Å². The second kappa shape index (κ2) is 1.29. The Hall–Kier alpha value is -0.560. The van der Waals surface area contributed by atoms with E-state index >= 15 is 0 Å². The number of hydrogen-bond acceptors (Lipinski definition) is 1. The number of rotatable bonds is 0. The van der Waals surface area contributed by atoms with Crippen LogP contribution in [0.1, 0.15) is 13.8 Å². The summed E-state index contributed by atoms with van der Waals surface area (Å²) in [7, 11) is 0. The Labute approximate surface area is 55.0 Å². The Balaban J connectivity index is 2.38. The molecular formula is C8H10O. The number of ether oxygens (including phenoxy) is 1. The summed E-state index contributed by atoms with van der Waals surface area (Å²) in [5.41, 5.74) is 1.42.